The van der Waals surface area contributed by atoms with E-state index in [2.05, 4.69) is 4.72 Å². The van der Waals surface area contributed by atoms with Gasteiger partial charge in [-0.05, 0) is 44.2 Å². The number of likely N-dealkylation sites (N-methyl/N-ethyl adjacent to an activating group) is 1. The zero-order valence-electron chi connectivity index (χ0n) is 18.1. The number of hydrogen-bond donors (Lipinski definition) is 1. The molecule has 0 aromatic heterocycles. The van der Waals surface area contributed by atoms with Crippen molar-refractivity contribution < 1.29 is 39.5 Å². The van der Waals surface area contributed by atoms with Gasteiger partial charge in [0.15, 0.2) is 0 Å². The summed E-state index contributed by atoms with van der Waals surface area (Å²) >= 11 is 0. The van der Waals surface area contributed by atoms with E-state index in [0.717, 1.165) is 24.7 Å². The third-order valence-electron chi connectivity index (χ3n) is 4.56. The monoisotopic (exact) mass is 498 g/mol. The van der Waals surface area contributed by atoms with E-state index in [1.807, 2.05) is 11.9 Å². The van der Waals surface area contributed by atoms with Crippen LogP contribution in [-0.4, -0.2) is 45.7 Å². The van der Waals surface area contributed by atoms with E-state index >= 15 is 0 Å². The molecule has 1 aliphatic heterocycles. The molecule has 0 unspecified atom stereocenters. The fraction of sp³-hybridized carbons (Fsp3) is 0.429. The second-order valence-corrected chi connectivity index (χ2v) is 9.30. The minimum absolute atomic E-state index is 0.0117. The lowest BCUT2D eigenvalue weighted by Crippen LogP contribution is -2.23. The summed E-state index contributed by atoms with van der Waals surface area (Å²) in [5, 5.41) is 0. The molecule has 2 aromatic carbocycles. The van der Waals surface area contributed by atoms with Crippen LogP contribution in [0.15, 0.2) is 47.4 Å². The third-order valence-corrected chi connectivity index (χ3v) is 6.11. The fourth-order valence-corrected chi connectivity index (χ4v) is 4.45. The Morgan fingerprint density at radius 3 is 2.18 bits per heavy atom. The number of hydrogen-bond acceptors (Lipinski definition) is 4. The van der Waals surface area contributed by atoms with Crippen LogP contribution in [0.3, 0.4) is 0 Å². The summed E-state index contributed by atoms with van der Waals surface area (Å²) in [6.45, 7) is 3.07. The Morgan fingerprint density at radius 2 is 1.67 bits per heavy atom. The van der Waals surface area contributed by atoms with Crippen LogP contribution in [0.5, 0.6) is 5.75 Å². The van der Waals surface area contributed by atoms with E-state index in [0.29, 0.717) is 18.5 Å². The molecule has 0 aliphatic carbocycles. The van der Waals surface area contributed by atoms with Gasteiger partial charge in [-0.3, -0.25) is 4.72 Å². The molecule has 1 heterocycles. The number of nitrogens with zero attached hydrogens (tertiary/aromatic N) is 1. The lowest BCUT2D eigenvalue weighted by atomic mass is 10.1. The quantitative estimate of drug-likeness (QED) is 0.556. The third kappa shape index (κ3) is 8.43. The Morgan fingerprint density at radius 1 is 1.06 bits per heavy atom. The zero-order valence-corrected chi connectivity index (χ0v) is 18.9. The molecule has 12 heteroatoms. The predicted molar refractivity (Wildman–Crippen MR) is 112 cm³/mol. The number of nitrogens with one attached hydrogen (secondary N) is 1. The molecule has 1 fully saturated rings. The highest BCUT2D eigenvalue weighted by molar-refractivity contribution is 7.92. The van der Waals surface area contributed by atoms with Crippen molar-refractivity contribution in [2.45, 2.75) is 43.6 Å². The van der Waals surface area contributed by atoms with Crippen LogP contribution in [-0.2, 0) is 16.2 Å². The number of aryl methyl sites for hydroxylation is 1. The fourth-order valence-electron chi connectivity index (χ4n) is 3.16. The minimum atomic E-state index is -4.60. The van der Waals surface area contributed by atoms with E-state index in [-0.39, 0.29) is 29.4 Å². The maximum atomic E-state index is 13.4. The lowest BCUT2D eigenvalue weighted by molar-refractivity contribution is -0.139. The van der Waals surface area contributed by atoms with Crippen molar-refractivity contribution in [2.24, 2.45) is 0 Å². The Kier molecular flexibility index (Phi) is 8.28. The van der Waals surface area contributed by atoms with Gasteiger partial charge in [-0.1, -0.05) is 18.2 Å². The maximum absolute atomic E-state index is 13.4. The molecule has 0 saturated carbocycles. The SMILES string of the molecule is CC(F)(F)F.Cc1ccccc1S(=O)(=O)Nc1ccc(C(F)(F)F)c(O[C@@H]2CCN(C)C2)c1. The molecule has 2 aromatic rings. The first kappa shape index (κ1) is 26.8. The molecule has 5 nitrogen and oxygen atoms in total. The van der Waals surface area contributed by atoms with Crippen LogP contribution in [0.2, 0.25) is 0 Å². The molecular weight excluding hydrogens is 474 g/mol. The molecule has 1 saturated heterocycles. The van der Waals surface area contributed by atoms with Crippen molar-refractivity contribution in [3.05, 3.63) is 53.6 Å². The molecule has 1 N–H and O–H groups in total. The summed E-state index contributed by atoms with van der Waals surface area (Å²) in [5.41, 5.74) is -0.383. The second kappa shape index (κ2) is 10.2. The summed E-state index contributed by atoms with van der Waals surface area (Å²) < 4.78 is 104. The molecule has 3 rings (SSSR count). The summed E-state index contributed by atoms with van der Waals surface area (Å²) in [5.74, 6) is -0.377. The van der Waals surface area contributed by atoms with Gasteiger partial charge < -0.3 is 9.64 Å². The molecule has 184 valence electrons. The van der Waals surface area contributed by atoms with Gasteiger partial charge in [0.05, 0.1) is 16.1 Å². The first-order valence-corrected chi connectivity index (χ1v) is 11.3. The summed E-state index contributed by atoms with van der Waals surface area (Å²) in [6, 6.07) is 9.39. The van der Waals surface area contributed by atoms with E-state index < -0.39 is 27.9 Å². The zero-order chi connectivity index (χ0) is 25.0. The average molecular weight is 498 g/mol. The van der Waals surface area contributed by atoms with E-state index in [9.17, 15) is 34.8 Å². The van der Waals surface area contributed by atoms with Gasteiger partial charge in [0, 0.05) is 26.1 Å². The van der Waals surface area contributed by atoms with Crippen molar-refractivity contribution in [3.8, 4) is 5.75 Å². The maximum Gasteiger partial charge on any atom is 0.419 e. The second-order valence-electron chi connectivity index (χ2n) is 7.65. The van der Waals surface area contributed by atoms with Gasteiger partial charge in [-0.25, -0.2) is 8.42 Å². The molecule has 1 aliphatic rings. The van der Waals surface area contributed by atoms with Crippen molar-refractivity contribution in [3.63, 3.8) is 0 Å². The Balaban J connectivity index is 0.000000696. The average Bonchev–Trinajstić information content (AvgIpc) is 3.04. The van der Waals surface area contributed by atoms with E-state index in [4.69, 9.17) is 4.74 Å². The van der Waals surface area contributed by atoms with Crippen LogP contribution in [0.25, 0.3) is 0 Å². The van der Waals surface area contributed by atoms with Crippen LogP contribution in [0.4, 0.5) is 32.0 Å². The van der Waals surface area contributed by atoms with Gasteiger partial charge in [-0.2, -0.15) is 26.3 Å². The summed E-state index contributed by atoms with van der Waals surface area (Å²) in [7, 11) is -2.08. The normalized spacial score (nSPS) is 17.3. The predicted octanol–water partition coefficient (Wildman–Crippen LogP) is 5.47. The first-order chi connectivity index (χ1) is 15.1. The number of benzene rings is 2. The van der Waals surface area contributed by atoms with Crippen LogP contribution in [0, 0.1) is 6.92 Å². The standard InChI is InChI=1S/C19H21F3N2O3S.C2H3F3/c1-13-5-3-4-6-18(13)28(25,26)23-14-7-8-16(19(20,21)22)17(11-14)27-15-9-10-24(2)12-15;1-2(3,4)5/h3-8,11,15,23H,9-10,12H2,1-2H3;1H3/t15-;/m1./s1. The number of halogens is 6. The molecule has 33 heavy (non-hydrogen) atoms. The van der Waals surface area contributed by atoms with Crippen molar-refractivity contribution in [1.82, 2.24) is 4.90 Å². The minimum Gasteiger partial charge on any atom is -0.488 e. The van der Waals surface area contributed by atoms with Gasteiger partial charge in [-0.15, -0.1) is 0 Å². The number of rotatable bonds is 5. The van der Waals surface area contributed by atoms with Crippen molar-refractivity contribution in [2.75, 3.05) is 24.9 Å². The van der Waals surface area contributed by atoms with Crippen molar-refractivity contribution in [1.29, 1.82) is 0 Å². The molecule has 0 amide bonds. The number of ether oxygens (including phenoxy) is 1. The van der Waals surface area contributed by atoms with E-state index in [1.54, 1.807) is 25.1 Å². The highest BCUT2D eigenvalue weighted by Crippen LogP contribution is 2.39. The molecule has 0 bridgehead atoms. The summed E-state index contributed by atoms with van der Waals surface area (Å²) in [4.78, 5) is 2.03. The molecule has 0 spiro atoms. The highest BCUT2D eigenvalue weighted by atomic mass is 32.2. The smallest absolute Gasteiger partial charge is 0.419 e. The Bertz CT molecular complexity index is 1050. The van der Waals surface area contributed by atoms with Crippen molar-refractivity contribution >= 4 is 15.7 Å². The van der Waals surface area contributed by atoms with Gasteiger partial charge in [0.2, 0.25) is 0 Å². The van der Waals surface area contributed by atoms with Crippen LogP contribution >= 0.6 is 0 Å². The molecule has 0 radical (unpaired) electrons. The largest absolute Gasteiger partial charge is 0.488 e. The lowest BCUT2D eigenvalue weighted by Gasteiger charge is -2.19. The highest BCUT2D eigenvalue weighted by Gasteiger charge is 2.36. The Labute approximate surface area is 188 Å². The topological polar surface area (TPSA) is 58.6 Å². The number of sulfonamides is 1. The van der Waals surface area contributed by atoms with Gasteiger partial charge in [0.1, 0.15) is 11.9 Å². The first-order valence-electron chi connectivity index (χ1n) is 9.78. The number of likely N-dealkylation sites (tertiary alicyclic amines) is 1. The molecular formula is C21H24F6N2O3S. The number of anilines is 1. The molecule has 1 atom stereocenters. The summed E-state index contributed by atoms with van der Waals surface area (Å²) in [6.07, 6.45) is -8.38. The van der Waals surface area contributed by atoms with Crippen LogP contribution < -0.4 is 9.46 Å². The van der Waals surface area contributed by atoms with Crippen LogP contribution in [0.1, 0.15) is 24.5 Å². The van der Waals surface area contributed by atoms with Gasteiger partial charge in [0.25, 0.3) is 10.0 Å². The Hall–Kier alpha value is -2.47. The van der Waals surface area contributed by atoms with Gasteiger partial charge >= 0.3 is 12.4 Å². The number of alkyl halides is 6. The van der Waals surface area contributed by atoms with E-state index in [1.165, 1.54) is 6.07 Å².